The van der Waals surface area contributed by atoms with E-state index in [0.717, 1.165) is 53.7 Å². The summed E-state index contributed by atoms with van der Waals surface area (Å²) in [6, 6.07) is 14.1. The number of anilines is 1. The van der Waals surface area contributed by atoms with Gasteiger partial charge in [-0.25, -0.2) is 4.98 Å². The van der Waals surface area contributed by atoms with Crippen LogP contribution < -0.4 is 5.32 Å². The Labute approximate surface area is 157 Å². The molecule has 2 aromatic heterocycles. The van der Waals surface area contributed by atoms with Crippen molar-refractivity contribution in [3.8, 4) is 11.3 Å². The Hall–Kier alpha value is -2.27. The number of rotatable bonds is 4. The summed E-state index contributed by atoms with van der Waals surface area (Å²) in [5.41, 5.74) is 3.76. The van der Waals surface area contributed by atoms with Crippen LogP contribution in [0.5, 0.6) is 0 Å². The number of nitrogens with zero attached hydrogens (tertiary/aromatic N) is 1. The molecule has 2 heterocycles. The number of H-pyrrole nitrogens is 1. The van der Waals surface area contributed by atoms with E-state index in [-0.39, 0.29) is 11.8 Å². The average molecular weight is 366 g/mol. The van der Waals surface area contributed by atoms with E-state index in [1.54, 1.807) is 6.20 Å². The van der Waals surface area contributed by atoms with Gasteiger partial charge in [-0.15, -0.1) is 0 Å². The molecule has 1 fully saturated rings. The normalized spacial score (nSPS) is 20.2. The van der Waals surface area contributed by atoms with Gasteiger partial charge < -0.3 is 10.3 Å². The lowest BCUT2D eigenvalue weighted by Gasteiger charge is -2.26. The van der Waals surface area contributed by atoms with E-state index in [1.807, 2.05) is 36.0 Å². The number of pyridine rings is 1. The summed E-state index contributed by atoms with van der Waals surface area (Å²) in [7, 11) is 0. The third kappa shape index (κ3) is 3.49. The highest BCUT2D eigenvalue weighted by Crippen LogP contribution is 2.32. The fraction of sp³-hybridized carbons (Fsp3) is 0.333. The molecular weight excluding hydrogens is 342 g/mol. The third-order valence-corrected chi connectivity index (χ3v) is 6.39. The summed E-state index contributed by atoms with van der Waals surface area (Å²) >= 11 is 1.92. The number of nitrogens with one attached hydrogen (secondary N) is 2. The molecule has 0 bridgehead atoms. The van der Waals surface area contributed by atoms with Crippen LogP contribution in [0.1, 0.15) is 25.7 Å². The Kier molecular flexibility index (Phi) is 4.98. The highest BCUT2D eigenvalue weighted by Gasteiger charge is 2.26. The number of aromatic nitrogens is 2. The molecular formula is C21H23N3OS. The number of benzene rings is 1. The smallest absolute Gasteiger partial charge is 0.227 e. The number of aromatic amines is 1. The van der Waals surface area contributed by atoms with Crippen molar-refractivity contribution in [1.82, 2.24) is 9.97 Å². The highest BCUT2D eigenvalue weighted by molar-refractivity contribution is 7.99. The van der Waals surface area contributed by atoms with Crippen molar-refractivity contribution >= 4 is 34.4 Å². The Balaban J connectivity index is 1.55. The third-order valence-electron chi connectivity index (χ3n) is 5.25. The molecule has 26 heavy (non-hydrogen) atoms. The first-order valence-corrected chi connectivity index (χ1v) is 10.4. The Morgan fingerprint density at radius 2 is 1.92 bits per heavy atom. The number of carbonyl (C=O) groups is 1. The molecule has 1 aliphatic rings. The van der Waals surface area contributed by atoms with Crippen molar-refractivity contribution in [1.29, 1.82) is 0 Å². The molecule has 0 radical (unpaired) electrons. The summed E-state index contributed by atoms with van der Waals surface area (Å²) < 4.78 is 0. The van der Waals surface area contributed by atoms with Gasteiger partial charge in [0.2, 0.25) is 5.91 Å². The maximum absolute atomic E-state index is 12.7. The zero-order valence-corrected chi connectivity index (χ0v) is 15.7. The quantitative estimate of drug-likeness (QED) is 0.677. The average Bonchev–Trinajstić information content (AvgIpc) is 3.14. The molecule has 1 aliphatic carbocycles. The van der Waals surface area contributed by atoms with Gasteiger partial charge in [-0.05, 0) is 49.6 Å². The first-order valence-electron chi connectivity index (χ1n) is 9.11. The minimum absolute atomic E-state index is 0.120. The predicted molar refractivity (Wildman–Crippen MR) is 109 cm³/mol. The molecule has 2 N–H and O–H groups in total. The summed E-state index contributed by atoms with van der Waals surface area (Å²) in [5, 5.41) is 4.82. The maximum atomic E-state index is 12.7. The van der Waals surface area contributed by atoms with Gasteiger partial charge in [0.05, 0.1) is 5.69 Å². The standard InChI is InChI=1S/C21H23N3OS/c1-26-16-9-7-15(8-10-16)21(25)24-18-11-12-22-20-17(18)13-19(23-20)14-5-3-2-4-6-14/h2-6,11-13,15-16H,7-10H2,1H3,(H2,22,23,24,25)/t15-,16-. The minimum atomic E-state index is 0.120. The number of fused-ring (bicyclic) bond motifs is 1. The molecule has 0 spiro atoms. The Morgan fingerprint density at radius 3 is 2.65 bits per heavy atom. The number of hydrogen-bond acceptors (Lipinski definition) is 3. The van der Waals surface area contributed by atoms with E-state index < -0.39 is 0 Å². The van der Waals surface area contributed by atoms with Gasteiger partial charge in [0, 0.05) is 28.4 Å². The SMILES string of the molecule is CS[C@H]1CC[C@H](C(=O)Nc2ccnc3[nH]c(-c4ccccc4)cc23)CC1. The molecule has 134 valence electrons. The topological polar surface area (TPSA) is 57.8 Å². The maximum Gasteiger partial charge on any atom is 0.227 e. The van der Waals surface area contributed by atoms with Crippen LogP contribution in [0.25, 0.3) is 22.3 Å². The van der Waals surface area contributed by atoms with Gasteiger partial charge >= 0.3 is 0 Å². The molecule has 0 aliphatic heterocycles. The molecule has 0 atom stereocenters. The van der Waals surface area contributed by atoms with E-state index in [0.29, 0.717) is 5.25 Å². The number of thioether (sulfide) groups is 1. The molecule has 1 aromatic carbocycles. The van der Waals surface area contributed by atoms with Crippen LogP contribution in [-0.2, 0) is 4.79 Å². The summed E-state index contributed by atoms with van der Waals surface area (Å²) in [5.74, 6) is 0.258. The van der Waals surface area contributed by atoms with Crippen LogP contribution in [0.15, 0.2) is 48.7 Å². The van der Waals surface area contributed by atoms with Crippen molar-refractivity contribution in [2.24, 2.45) is 5.92 Å². The summed E-state index contributed by atoms with van der Waals surface area (Å²) in [6.07, 6.45) is 8.13. The highest BCUT2D eigenvalue weighted by atomic mass is 32.2. The molecule has 4 nitrogen and oxygen atoms in total. The van der Waals surface area contributed by atoms with Crippen molar-refractivity contribution in [2.45, 2.75) is 30.9 Å². The lowest BCUT2D eigenvalue weighted by atomic mass is 9.88. The van der Waals surface area contributed by atoms with Crippen LogP contribution in [0.3, 0.4) is 0 Å². The molecule has 0 unspecified atom stereocenters. The van der Waals surface area contributed by atoms with Crippen molar-refractivity contribution in [3.63, 3.8) is 0 Å². The van der Waals surface area contributed by atoms with Crippen molar-refractivity contribution < 1.29 is 4.79 Å². The zero-order chi connectivity index (χ0) is 17.9. The Bertz CT molecular complexity index is 898. The van der Waals surface area contributed by atoms with Gasteiger partial charge in [0.25, 0.3) is 0 Å². The minimum Gasteiger partial charge on any atom is -0.339 e. The van der Waals surface area contributed by atoms with Gasteiger partial charge in [0.1, 0.15) is 5.65 Å². The van der Waals surface area contributed by atoms with Crippen LogP contribution >= 0.6 is 11.8 Å². The van der Waals surface area contributed by atoms with E-state index in [1.165, 1.54) is 0 Å². The lowest BCUT2D eigenvalue weighted by molar-refractivity contribution is -0.120. The van der Waals surface area contributed by atoms with Gasteiger partial charge in [-0.2, -0.15) is 11.8 Å². The second-order valence-electron chi connectivity index (χ2n) is 6.87. The molecule has 0 saturated heterocycles. The Morgan fingerprint density at radius 1 is 1.15 bits per heavy atom. The second kappa shape index (κ2) is 7.54. The zero-order valence-electron chi connectivity index (χ0n) is 14.9. The van der Waals surface area contributed by atoms with Gasteiger partial charge in [-0.3, -0.25) is 4.79 Å². The van der Waals surface area contributed by atoms with E-state index in [9.17, 15) is 4.79 Å². The molecule has 1 amide bonds. The fourth-order valence-electron chi connectivity index (χ4n) is 3.70. The van der Waals surface area contributed by atoms with E-state index in [2.05, 4.69) is 39.7 Å². The first kappa shape index (κ1) is 17.2. The molecule has 5 heteroatoms. The largest absolute Gasteiger partial charge is 0.339 e. The number of hydrogen-bond donors (Lipinski definition) is 2. The van der Waals surface area contributed by atoms with Crippen LogP contribution in [0.2, 0.25) is 0 Å². The summed E-state index contributed by atoms with van der Waals surface area (Å²) in [6.45, 7) is 0. The van der Waals surface area contributed by atoms with Crippen molar-refractivity contribution in [2.75, 3.05) is 11.6 Å². The van der Waals surface area contributed by atoms with Gasteiger partial charge in [-0.1, -0.05) is 30.3 Å². The van der Waals surface area contributed by atoms with Crippen LogP contribution in [0.4, 0.5) is 5.69 Å². The summed E-state index contributed by atoms with van der Waals surface area (Å²) in [4.78, 5) is 20.5. The second-order valence-corrected chi connectivity index (χ2v) is 8.01. The monoisotopic (exact) mass is 365 g/mol. The molecule has 4 rings (SSSR count). The first-order chi connectivity index (χ1) is 12.7. The number of amides is 1. The fourth-order valence-corrected chi connectivity index (χ4v) is 4.45. The predicted octanol–water partition coefficient (Wildman–Crippen LogP) is 5.09. The van der Waals surface area contributed by atoms with Gasteiger partial charge in [0.15, 0.2) is 0 Å². The molecule has 3 aromatic rings. The lowest BCUT2D eigenvalue weighted by Crippen LogP contribution is -2.27. The van der Waals surface area contributed by atoms with Crippen LogP contribution in [0, 0.1) is 5.92 Å². The van der Waals surface area contributed by atoms with Crippen LogP contribution in [-0.4, -0.2) is 27.4 Å². The van der Waals surface area contributed by atoms with Crippen molar-refractivity contribution in [3.05, 3.63) is 48.7 Å². The van der Waals surface area contributed by atoms with E-state index in [4.69, 9.17) is 0 Å². The van der Waals surface area contributed by atoms with E-state index >= 15 is 0 Å². The number of carbonyl (C=O) groups excluding carboxylic acids is 1. The molecule has 1 saturated carbocycles.